The number of esters is 1. The van der Waals surface area contributed by atoms with Gasteiger partial charge in [-0.05, 0) is 25.7 Å². The van der Waals surface area contributed by atoms with E-state index in [1.54, 1.807) is 10.9 Å². The number of hydrogen-bond donors (Lipinski definition) is 1. The van der Waals surface area contributed by atoms with Gasteiger partial charge in [0, 0.05) is 12.1 Å². The number of hydrogen-bond acceptors (Lipinski definition) is 5. The Labute approximate surface area is 140 Å². The van der Waals surface area contributed by atoms with Crippen molar-refractivity contribution in [2.45, 2.75) is 63.8 Å². The van der Waals surface area contributed by atoms with Gasteiger partial charge < -0.3 is 14.7 Å². The third-order valence-corrected chi connectivity index (χ3v) is 5.68. The third-order valence-electron chi connectivity index (χ3n) is 5.68. The Morgan fingerprint density at radius 2 is 2.12 bits per heavy atom. The first-order valence-electron chi connectivity index (χ1n) is 8.78. The lowest BCUT2D eigenvalue weighted by Crippen LogP contribution is -2.46. The van der Waals surface area contributed by atoms with Crippen molar-refractivity contribution < 1.29 is 19.4 Å². The van der Waals surface area contributed by atoms with Gasteiger partial charge in [-0.25, -0.2) is 0 Å². The maximum atomic E-state index is 13.1. The van der Waals surface area contributed by atoms with Gasteiger partial charge >= 0.3 is 5.97 Å². The van der Waals surface area contributed by atoms with Gasteiger partial charge in [-0.15, -0.1) is 0 Å². The summed E-state index contributed by atoms with van der Waals surface area (Å²) in [7, 11) is 0. The predicted molar refractivity (Wildman–Crippen MR) is 83.6 cm³/mol. The zero-order valence-electron chi connectivity index (χ0n) is 13.7. The number of aliphatic hydroxyl groups excluding tert-OH is 1. The molecule has 0 unspecified atom stereocenters. The molecule has 1 aliphatic carbocycles. The Balaban J connectivity index is 1.52. The second-order valence-electron chi connectivity index (χ2n) is 7.11. The number of aromatic nitrogens is 2. The molecule has 1 N–H and O–H groups in total. The van der Waals surface area contributed by atoms with Crippen molar-refractivity contribution in [3.8, 4) is 0 Å². The fourth-order valence-corrected chi connectivity index (χ4v) is 4.48. The molecule has 130 valence electrons. The zero-order valence-corrected chi connectivity index (χ0v) is 13.7. The van der Waals surface area contributed by atoms with Crippen LogP contribution in [-0.2, 0) is 34.0 Å². The molecule has 2 fully saturated rings. The molecule has 1 aromatic rings. The van der Waals surface area contributed by atoms with Crippen molar-refractivity contribution in [3.05, 3.63) is 17.5 Å². The standard InChI is InChI=1S/C17H23N3O4/c21-7-6-20-14-11-19(10-12(14)9-18-20)16(23)13-8-15(22)24-17(13)4-2-1-3-5-17/h9,13,21H,1-8,10-11H2/t13-/m1/s1. The van der Waals surface area contributed by atoms with Crippen LogP contribution in [-0.4, -0.2) is 43.9 Å². The van der Waals surface area contributed by atoms with Crippen LogP contribution in [0.15, 0.2) is 6.20 Å². The van der Waals surface area contributed by atoms with Crippen LogP contribution in [0.5, 0.6) is 0 Å². The van der Waals surface area contributed by atoms with Gasteiger partial charge in [0.05, 0.1) is 43.9 Å². The Morgan fingerprint density at radius 3 is 2.88 bits per heavy atom. The molecule has 1 spiro atoms. The molecule has 0 radical (unpaired) electrons. The SMILES string of the molecule is O=C1C[C@H](C(=O)N2Cc3cnn(CCO)c3C2)C2(CCCCC2)O1. The lowest BCUT2D eigenvalue weighted by Gasteiger charge is -2.37. The molecular weight excluding hydrogens is 310 g/mol. The Kier molecular flexibility index (Phi) is 3.83. The lowest BCUT2D eigenvalue weighted by molar-refractivity contribution is -0.156. The number of fused-ring (bicyclic) bond motifs is 1. The molecule has 2 aliphatic heterocycles. The van der Waals surface area contributed by atoms with E-state index in [-0.39, 0.29) is 30.8 Å². The highest BCUT2D eigenvalue weighted by molar-refractivity contribution is 5.88. The summed E-state index contributed by atoms with van der Waals surface area (Å²) in [5, 5.41) is 13.4. The summed E-state index contributed by atoms with van der Waals surface area (Å²) in [5.74, 6) is -0.568. The van der Waals surface area contributed by atoms with E-state index < -0.39 is 5.60 Å². The summed E-state index contributed by atoms with van der Waals surface area (Å²) in [5.41, 5.74) is 1.44. The number of amides is 1. The first-order valence-corrected chi connectivity index (χ1v) is 8.78. The van der Waals surface area contributed by atoms with E-state index in [2.05, 4.69) is 5.10 Å². The van der Waals surface area contributed by atoms with Gasteiger partial charge in [0.1, 0.15) is 5.60 Å². The quantitative estimate of drug-likeness (QED) is 0.834. The van der Waals surface area contributed by atoms with Crippen molar-refractivity contribution in [2.75, 3.05) is 6.61 Å². The summed E-state index contributed by atoms with van der Waals surface area (Å²) < 4.78 is 7.43. The second-order valence-corrected chi connectivity index (χ2v) is 7.11. The largest absolute Gasteiger partial charge is 0.458 e. The van der Waals surface area contributed by atoms with Crippen LogP contribution < -0.4 is 0 Å². The van der Waals surface area contributed by atoms with E-state index in [0.717, 1.165) is 43.4 Å². The van der Waals surface area contributed by atoms with Gasteiger partial charge in [-0.1, -0.05) is 6.42 Å². The van der Waals surface area contributed by atoms with Gasteiger partial charge in [0.15, 0.2) is 0 Å². The predicted octanol–water partition coefficient (Wildman–Crippen LogP) is 0.984. The van der Waals surface area contributed by atoms with E-state index in [0.29, 0.717) is 19.6 Å². The number of carbonyl (C=O) groups excluding carboxylic acids is 2. The average molecular weight is 333 g/mol. The zero-order chi connectivity index (χ0) is 16.7. The number of aliphatic hydroxyl groups is 1. The van der Waals surface area contributed by atoms with Crippen molar-refractivity contribution >= 4 is 11.9 Å². The minimum atomic E-state index is -0.571. The molecule has 1 saturated carbocycles. The molecule has 1 aromatic heterocycles. The van der Waals surface area contributed by atoms with Crippen LogP contribution in [0.4, 0.5) is 0 Å². The van der Waals surface area contributed by atoms with Crippen LogP contribution in [0.25, 0.3) is 0 Å². The van der Waals surface area contributed by atoms with E-state index in [9.17, 15) is 9.59 Å². The van der Waals surface area contributed by atoms with Crippen LogP contribution in [0.1, 0.15) is 49.8 Å². The number of carbonyl (C=O) groups is 2. The molecule has 0 aromatic carbocycles. The highest BCUT2D eigenvalue weighted by Gasteiger charge is 2.54. The van der Waals surface area contributed by atoms with Crippen molar-refractivity contribution in [1.82, 2.24) is 14.7 Å². The fourth-order valence-electron chi connectivity index (χ4n) is 4.48. The molecule has 7 heteroatoms. The number of rotatable bonds is 3. The Hall–Kier alpha value is -1.89. The molecule has 7 nitrogen and oxygen atoms in total. The third kappa shape index (κ3) is 2.42. The minimum Gasteiger partial charge on any atom is -0.458 e. The average Bonchev–Trinajstić information content (AvgIpc) is 3.23. The van der Waals surface area contributed by atoms with Crippen LogP contribution in [0.3, 0.4) is 0 Å². The monoisotopic (exact) mass is 333 g/mol. The van der Waals surface area contributed by atoms with Crippen molar-refractivity contribution in [2.24, 2.45) is 5.92 Å². The van der Waals surface area contributed by atoms with Crippen LogP contribution in [0.2, 0.25) is 0 Å². The summed E-state index contributed by atoms with van der Waals surface area (Å²) in [6.45, 7) is 1.48. The Bertz CT molecular complexity index is 663. The highest BCUT2D eigenvalue weighted by Crippen LogP contribution is 2.45. The highest BCUT2D eigenvalue weighted by atomic mass is 16.6. The summed E-state index contributed by atoms with van der Waals surface area (Å²) in [6.07, 6.45) is 6.75. The molecule has 24 heavy (non-hydrogen) atoms. The van der Waals surface area contributed by atoms with Crippen LogP contribution in [0, 0.1) is 5.92 Å². The summed E-state index contributed by atoms with van der Waals surface area (Å²) >= 11 is 0. The molecule has 1 saturated heterocycles. The topological polar surface area (TPSA) is 84.7 Å². The van der Waals surface area contributed by atoms with E-state index in [1.807, 2.05) is 4.90 Å². The molecule has 0 bridgehead atoms. The molecular formula is C17H23N3O4. The van der Waals surface area contributed by atoms with Crippen LogP contribution >= 0.6 is 0 Å². The van der Waals surface area contributed by atoms with Crippen molar-refractivity contribution in [3.63, 3.8) is 0 Å². The normalized spacial score (nSPS) is 25.1. The van der Waals surface area contributed by atoms with Crippen molar-refractivity contribution in [1.29, 1.82) is 0 Å². The first kappa shape index (κ1) is 15.6. The van der Waals surface area contributed by atoms with E-state index >= 15 is 0 Å². The first-order chi connectivity index (χ1) is 11.6. The molecule has 1 atom stereocenters. The summed E-state index contributed by atoms with van der Waals surface area (Å²) in [6, 6.07) is 0. The smallest absolute Gasteiger partial charge is 0.307 e. The second kappa shape index (κ2) is 5.88. The van der Waals surface area contributed by atoms with Gasteiger partial charge in [0.2, 0.25) is 5.91 Å². The molecule has 4 rings (SSSR count). The van der Waals surface area contributed by atoms with Gasteiger partial charge in [0.25, 0.3) is 0 Å². The minimum absolute atomic E-state index is 0.0227. The van der Waals surface area contributed by atoms with Gasteiger partial charge in [-0.2, -0.15) is 5.10 Å². The maximum absolute atomic E-state index is 13.1. The number of nitrogens with zero attached hydrogens (tertiary/aromatic N) is 3. The van der Waals surface area contributed by atoms with E-state index in [1.165, 1.54) is 0 Å². The maximum Gasteiger partial charge on any atom is 0.307 e. The lowest BCUT2D eigenvalue weighted by atomic mass is 9.75. The molecule has 1 amide bonds. The van der Waals surface area contributed by atoms with E-state index in [4.69, 9.17) is 9.84 Å². The summed E-state index contributed by atoms with van der Waals surface area (Å²) in [4.78, 5) is 26.8. The van der Waals surface area contributed by atoms with Gasteiger partial charge in [-0.3, -0.25) is 14.3 Å². The molecule has 3 heterocycles. The number of ether oxygens (including phenoxy) is 1. The fraction of sp³-hybridized carbons (Fsp3) is 0.706. The molecule has 3 aliphatic rings. The Morgan fingerprint density at radius 1 is 1.33 bits per heavy atom.